The minimum Gasteiger partial charge on any atom is -0.359 e. The Hall–Kier alpha value is -0.570. The number of nitrogens with two attached hydrogens (primary N) is 1. The Morgan fingerprint density at radius 1 is 1.42 bits per heavy atom. The van der Waals surface area contributed by atoms with Crippen LogP contribution in [-0.2, 0) is 4.79 Å². The van der Waals surface area contributed by atoms with Crippen LogP contribution in [-0.4, -0.2) is 19.0 Å². The second-order valence-corrected chi connectivity index (χ2v) is 2.55. The second-order valence-electron chi connectivity index (χ2n) is 2.55. The molecule has 0 saturated heterocycles. The van der Waals surface area contributed by atoms with E-state index in [0.717, 1.165) is 32.2 Å². The first-order valence-electron chi connectivity index (χ1n) is 4.70. The summed E-state index contributed by atoms with van der Waals surface area (Å²) in [5.74, 6) is 0. The Balaban J connectivity index is 0. The molecule has 0 aromatic heterocycles. The van der Waals surface area contributed by atoms with E-state index >= 15 is 0 Å². The highest BCUT2D eigenvalue weighted by Crippen LogP contribution is 1.95. The van der Waals surface area contributed by atoms with Crippen molar-refractivity contribution < 1.29 is 4.79 Å². The number of hydrogen-bond acceptors (Lipinski definition) is 2. The maximum atomic E-state index is 9.77. The van der Waals surface area contributed by atoms with Crippen molar-refractivity contribution in [1.29, 1.82) is 0 Å². The molecule has 3 heteroatoms. The number of amides is 1. The molecule has 0 heterocycles. The third-order valence-electron chi connectivity index (χ3n) is 1.31. The summed E-state index contributed by atoms with van der Waals surface area (Å²) in [4.78, 5) is 9.77. The highest BCUT2D eigenvalue weighted by Gasteiger charge is 1.92. The molecule has 0 aliphatic heterocycles. The minimum absolute atomic E-state index is 0.288. The number of unbranched alkanes of at least 4 members (excludes halogenated alkanes) is 1. The molecule has 0 rings (SSSR count). The number of nitrogens with one attached hydrogen (secondary N) is 1. The van der Waals surface area contributed by atoms with E-state index in [1.165, 1.54) is 0 Å². The molecule has 0 fully saturated rings. The van der Waals surface area contributed by atoms with Crippen LogP contribution in [0.3, 0.4) is 0 Å². The van der Waals surface area contributed by atoms with Gasteiger partial charge in [-0.2, -0.15) is 0 Å². The van der Waals surface area contributed by atoms with Crippen molar-refractivity contribution >= 4 is 6.41 Å². The van der Waals surface area contributed by atoms with Gasteiger partial charge in [0.2, 0.25) is 6.41 Å². The Bertz CT molecular complexity index is 84.6. The van der Waals surface area contributed by atoms with Crippen molar-refractivity contribution in [2.75, 3.05) is 6.54 Å². The average Bonchev–Trinajstić information content (AvgIpc) is 2.07. The van der Waals surface area contributed by atoms with Crippen LogP contribution in [0.4, 0.5) is 0 Å². The zero-order chi connectivity index (χ0) is 9.82. The first kappa shape index (κ1) is 14.0. The van der Waals surface area contributed by atoms with Crippen LogP contribution >= 0.6 is 0 Å². The smallest absolute Gasteiger partial charge is 0.207 e. The van der Waals surface area contributed by atoms with Gasteiger partial charge in [-0.05, 0) is 19.8 Å². The lowest BCUT2D eigenvalue weighted by Crippen LogP contribution is -2.16. The SMILES string of the molecule is CC.C[C@@H](N)CCCCNC=O. The lowest BCUT2D eigenvalue weighted by molar-refractivity contribution is -0.109. The maximum Gasteiger partial charge on any atom is 0.207 e. The molecule has 1 amide bonds. The largest absolute Gasteiger partial charge is 0.359 e. The Labute approximate surface area is 75.7 Å². The number of carbonyl (C=O) groups is 1. The molecule has 74 valence electrons. The van der Waals surface area contributed by atoms with Gasteiger partial charge in [0, 0.05) is 12.6 Å². The molecule has 3 N–H and O–H groups in total. The van der Waals surface area contributed by atoms with E-state index < -0.39 is 0 Å². The minimum atomic E-state index is 0.288. The normalized spacial score (nSPS) is 11.0. The van der Waals surface area contributed by atoms with Crippen molar-refractivity contribution in [2.45, 2.75) is 46.1 Å². The van der Waals surface area contributed by atoms with Gasteiger partial charge < -0.3 is 11.1 Å². The lowest BCUT2D eigenvalue weighted by Gasteiger charge is -2.02. The Morgan fingerprint density at radius 3 is 2.42 bits per heavy atom. The highest BCUT2D eigenvalue weighted by atomic mass is 16.1. The first-order chi connectivity index (χ1) is 5.77. The van der Waals surface area contributed by atoms with Crippen LogP contribution in [0.2, 0.25) is 0 Å². The summed E-state index contributed by atoms with van der Waals surface area (Å²) in [6.07, 6.45) is 3.89. The molecule has 0 unspecified atom stereocenters. The third kappa shape index (κ3) is 16.2. The standard InChI is InChI=1S/C7H16N2O.C2H6/c1-7(8)4-2-3-5-9-6-10;1-2/h6-7H,2-5,8H2,1H3,(H,9,10);1-2H3/t7-;/m1./s1. The summed E-state index contributed by atoms with van der Waals surface area (Å²) in [5.41, 5.74) is 5.52. The molecule has 0 radical (unpaired) electrons. The molecular weight excluding hydrogens is 152 g/mol. The fraction of sp³-hybridized carbons (Fsp3) is 0.889. The molecule has 3 nitrogen and oxygen atoms in total. The van der Waals surface area contributed by atoms with Crippen molar-refractivity contribution in [2.24, 2.45) is 5.73 Å². The molecule has 0 bridgehead atoms. The predicted octanol–water partition coefficient (Wildman–Crippen LogP) is 1.28. The predicted molar refractivity (Wildman–Crippen MR) is 52.9 cm³/mol. The van der Waals surface area contributed by atoms with Gasteiger partial charge in [0.25, 0.3) is 0 Å². The third-order valence-corrected chi connectivity index (χ3v) is 1.31. The van der Waals surface area contributed by atoms with Gasteiger partial charge in [-0.15, -0.1) is 0 Å². The maximum absolute atomic E-state index is 9.77. The van der Waals surface area contributed by atoms with Crippen molar-refractivity contribution in [3.8, 4) is 0 Å². The quantitative estimate of drug-likeness (QED) is 0.471. The van der Waals surface area contributed by atoms with Gasteiger partial charge >= 0.3 is 0 Å². The summed E-state index contributed by atoms with van der Waals surface area (Å²) >= 11 is 0. The lowest BCUT2D eigenvalue weighted by atomic mass is 10.1. The van der Waals surface area contributed by atoms with E-state index in [4.69, 9.17) is 5.73 Å². The van der Waals surface area contributed by atoms with Gasteiger partial charge in [0.05, 0.1) is 0 Å². The fourth-order valence-electron chi connectivity index (χ4n) is 0.752. The molecule has 0 aliphatic carbocycles. The number of carbonyl (C=O) groups excluding carboxylic acids is 1. The molecule has 0 aromatic carbocycles. The average molecular weight is 174 g/mol. The second kappa shape index (κ2) is 13.1. The molecule has 0 aromatic rings. The fourth-order valence-corrected chi connectivity index (χ4v) is 0.752. The molecule has 1 atom stereocenters. The van der Waals surface area contributed by atoms with Crippen molar-refractivity contribution in [3.05, 3.63) is 0 Å². The van der Waals surface area contributed by atoms with Crippen LogP contribution in [0.25, 0.3) is 0 Å². The van der Waals surface area contributed by atoms with Gasteiger partial charge in [0.1, 0.15) is 0 Å². The Morgan fingerprint density at radius 2 is 2.00 bits per heavy atom. The molecule has 12 heavy (non-hydrogen) atoms. The van der Waals surface area contributed by atoms with E-state index in [-0.39, 0.29) is 6.04 Å². The van der Waals surface area contributed by atoms with Gasteiger partial charge in [-0.3, -0.25) is 4.79 Å². The van der Waals surface area contributed by atoms with Crippen LogP contribution in [0, 0.1) is 0 Å². The summed E-state index contributed by atoms with van der Waals surface area (Å²) < 4.78 is 0. The van der Waals surface area contributed by atoms with Crippen LogP contribution < -0.4 is 11.1 Å². The molecular formula is C9H22N2O. The zero-order valence-corrected chi connectivity index (χ0v) is 8.47. The summed E-state index contributed by atoms with van der Waals surface area (Å²) in [7, 11) is 0. The van der Waals surface area contributed by atoms with E-state index in [2.05, 4.69) is 5.32 Å². The van der Waals surface area contributed by atoms with E-state index in [9.17, 15) is 4.79 Å². The summed E-state index contributed by atoms with van der Waals surface area (Å²) in [5, 5.41) is 2.60. The van der Waals surface area contributed by atoms with Gasteiger partial charge in [-0.25, -0.2) is 0 Å². The Kier molecular flexibility index (Phi) is 15.2. The van der Waals surface area contributed by atoms with Crippen LogP contribution in [0.1, 0.15) is 40.0 Å². The van der Waals surface area contributed by atoms with Crippen molar-refractivity contribution in [3.63, 3.8) is 0 Å². The molecule has 0 saturated carbocycles. The van der Waals surface area contributed by atoms with Gasteiger partial charge in [0.15, 0.2) is 0 Å². The molecule has 0 spiro atoms. The van der Waals surface area contributed by atoms with E-state index in [1.807, 2.05) is 20.8 Å². The van der Waals surface area contributed by atoms with Crippen LogP contribution in [0.5, 0.6) is 0 Å². The van der Waals surface area contributed by atoms with Gasteiger partial charge in [-0.1, -0.05) is 20.3 Å². The monoisotopic (exact) mass is 174 g/mol. The number of hydrogen-bond donors (Lipinski definition) is 2. The van der Waals surface area contributed by atoms with Crippen LogP contribution in [0.15, 0.2) is 0 Å². The summed E-state index contributed by atoms with van der Waals surface area (Å²) in [6, 6.07) is 0.288. The number of rotatable bonds is 6. The highest BCUT2D eigenvalue weighted by molar-refractivity contribution is 5.45. The van der Waals surface area contributed by atoms with Crippen molar-refractivity contribution in [1.82, 2.24) is 5.32 Å². The topological polar surface area (TPSA) is 55.1 Å². The first-order valence-corrected chi connectivity index (χ1v) is 4.70. The zero-order valence-electron chi connectivity index (χ0n) is 8.47. The van der Waals surface area contributed by atoms with E-state index in [0.29, 0.717) is 0 Å². The summed E-state index contributed by atoms with van der Waals surface area (Å²) in [6.45, 7) is 6.77. The molecule has 0 aliphatic rings. The van der Waals surface area contributed by atoms with E-state index in [1.54, 1.807) is 0 Å².